The number of imide groups is 1. The Morgan fingerprint density at radius 2 is 1.95 bits per heavy atom. The number of hydrogen-bond acceptors (Lipinski definition) is 4. The van der Waals surface area contributed by atoms with Gasteiger partial charge in [-0.25, -0.2) is 4.79 Å². The second kappa shape index (κ2) is 5.46. The van der Waals surface area contributed by atoms with Gasteiger partial charge in [0.1, 0.15) is 11.3 Å². The number of methoxy groups -OCH3 is 1. The Labute approximate surface area is 132 Å². The third kappa shape index (κ3) is 2.35. The lowest BCUT2D eigenvalue weighted by molar-refractivity contribution is -0.131. The standard InChI is InChI=1S/C16H16N2O3S/c1-16(12-7-8-22-10-12)14(19)18(15(20)17-16)9-11-3-5-13(21-2)6-4-11/h3-8,10H,9H2,1-2H3,(H,17,20)/t16-/m1/s1. The van der Waals surface area contributed by atoms with Gasteiger partial charge in [-0.15, -0.1) is 0 Å². The Kier molecular flexibility index (Phi) is 3.62. The van der Waals surface area contributed by atoms with Crippen molar-refractivity contribution >= 4 is 23.3 Å². The van der Waals surface area contributed by atoms with Crippen LogP contribution in [0.1, 0.15) is 18.1 Å². The van der Waals surface area contributed by atoms with Crippen molar-refractivity contribution in [1.82, 2.24) is 10.2 Å². The maximum Gasteiger partial charge on any atom is 0.325 e. The van der Waals surface area contributed by atoms with E-state index in [1.54, 1.807) is 14.0 Å². The van der Waals surface area contributed by atoms with Gasteiger partial charge < -0.3 is 10.1 Å². The summed E-state index contributed by atoms with van der Waals surface area (Å²) in [5, 5.41) is 6.57. The fourth-order valence-corrected chi connectivity index (χ4v) is 3.26. The van der Waals surface area contributed by atoms with E-state index in [9.17, 15) is 9.59 Å². The first-order valence-electron chi connectivity index (χ1n) is 6.84. The van der Waals surface area contributed by atoms with E-state index in [1.807, 2.05) is 41.1 Å². The first-order valence-corrected chi connectivity index (χ1v) is 7.78. The van der Waals surface area contributed by atoms with Crippen molar-refractivity contribution in [2.24, 2.45) is 0 Å². The predicted molar refractivity (Wildman–Crippen MR) is 83.7 cm³/mol. The molecule has 1 aromatic carbocycles. The summed E-state index contributed by atoms with van der Waals surface area (Å²) in [6.45, 7) is 1.98. The molecule has 2 heterocycles. The van der Waals surface area contributed by atoms with Crippen LogP contribution in [0.2, 0.25) is 0 Å². The molecule has 1 N–H and O–H groups in total. The van der Waals surface area contributed by atoms with Crippen molar-refractivity contribution in [2.45, 2.75) is 19.0 Å². The van der Waals surface area contributed by atoms with E-state index < -0.39 is 5.54 Å². The first kappa shape index (κ1) is 14.6. The summed E-state index contributed by atoms with van der Waals surface area (Å²) in [5.74, 6) is 0.510. The number of ether oxygens (including phenoxy) is 1. The highest BCUT2D eigenvalue weighted by Crippen LogP contribution is 2.31. The zero-order valence-electron chi connectivity index (χ0n) is 12.3. The van der Waals surface area contributed by atoms with Crippen molar-refractivity contribution in [3.05, 3.63) is 52.2 Å². The van der Waals surface area contributed by atoms with Crippen LogP contribution in [0.25, 0.3) is 0 Å². The molecule has 0 radical (unpaired) electrons. The van der Waals surface area contributed by atoms with Gasteiger partial charge in [0.2, 0.25) is 0 Å². The molecule has 22 heavy (non-hydrogen) atoms. The number of rotatable bonds is 4. The summed E-state index contributed by atoms with van der Waals surface area (Å²) >= 11 is 1.50. The van der Waals surface area contributed by atoms with E-state index >= 15 is 0 Å². The van der Waals surface area contributed by atoms with Gasteiger partial charge in [0.25, 0.3) is 5.91 Å². The number of benzene rings is 1. The van der Waals surface area contributed by atoms with E-state index in [0.29, 0.717) is 0 Å². The normalized spacial score (nSPS) is 21.1. The lowest BCUT2D eigenvalue weighted by atomic mass is 9.95. The van der Waals surface area contributed by atoms with E-state index in [2.05, 4.69) is 5.32 Å². The van der Waals surface area contributed by atoms with Gasteiger partial charge in [0, 0.05) is 0 Å². The van der Waals surface area contributed by atoms with Crippen molar-refractivity contribution < 1.29 is 14.3 Å². The number of carbonyl (C=O) groups is 2. The second-order valence-corrected chi connectivity index (χ2v) is 6.09. The van der Waals surface area contributed by atoms with Gasteiger partial charge in [-0.05, 0) is 47.0 Å². The number of hydrogen-bond donors (Lipinski definition) is 1. The second-order valence-electron chi connectivity index (χ2n) is 5.31. The lowest BCUT2D eigenvalue weighted by Crippen LogP contribution is -2.40. The Balaban J connectivity index is 1.82. The van der Waals surface area contributed by atoms with Gasteiger partial charge in [0.15, 0.2) is 0 Å². The molecule has 1 aliphatic rings. The molecule has 5 nitrogen and oxygen atoms in total. The van der Waals surface area contributed by atoms with E-state index in [1.165, 1.54) is 16.2 Å². The third-order valence-electron chi connectivity index (χ3n) is 3.87. The van der Waals surface area contributed by atoms with Crippen LogP contribution < -0.4 is 10.1 Å². The number of amides is 3. The average molecular weight is 316 g/mol. The molecule has 0 bridgehead atoms. The molecule has 1 aromatic heterocycles. The summed E-state index contributed by atoms with van der Waals surface area (Å²) in [6, 6.07) is 8.81. The molecule has 1 atom stereocenters. The Bertz CT molecular complexity index is 697. The highest BCUT2D eigenvalue weighted by molar-refractivity contribution is 7.08. The Morgan fingerprint density at radius 3 is 2.55 bits per heavy atom. The summed E-state index contributed by atoms with van der Waals surface area (Å²) in [6.07, 6.45) is 0. The van der Waals surface area contributed by atoms with Crippen molar-refractivity contribution in [3.63, 3.8) is 0 Å². The quantitative estimate of drug-likeness (QED) is 0.882. The van der Waals surface area contributed by atoms with Crippen LogP contribution in [0.15, 0.2) is 41.1 Å². The zero-order chi connectivity index (χ0) is 15.7. The minimum Gasteiger partial charge on any atom is -0.497 e. The molecule has 6 heteroatoms. The minimum atomic E-state index is -0.983. The van der Waals surface area contributed by atoms with Crippen molar-refractivity contribution in [1.29, 1.82) is 0 Å². The lowest BCUT2D eigenvalue weighted by Gasteiger charge is -2.20. The highest BCUT2D eigenvalue weighted by atomic mass is 32.1. The van der Waals surface area contributed by atoms with Crippen LogP contribution in [0, 0.1) is 0 Å². The Morgan fingerprint density at radius 1 is 1.23 bits per heavy atom. The third-order valence-corrected chi connectivity index (χ3v) is 4.56. The number of carbonyl (C=O) groups excluding carboxylic acids is 2. The SMILES string of the molecule is COc1ccc(CN2C(=O)N[C@](C)(c3ccsc3)C2=O)cc1. The fraction of sp³-hybridized carbons (Fsp3) is 0.250. The Hall–Kier alpha value is -2.34. The molecule has 3 rings (SSSR count). The number of nitrogens with one attached hydrogen (secondary N) is 1. The van der Waals surface area contributed by atoms with Crippen LogP contribution in [-0.2, 0) is 16.9 Å². The van der Waals surface area contributed by atoms with Crippen LogP contribution in [-0.4, -0.2) is 23.9 Å². The highest BCUT2D eigenvalue weighted by Gasteiger charge is 2.49. The number of urea groups is 1. The summed E-state index contributed by atoms with van der Waals surface area (Å²) in [4.78, 5) is 26.1. The monoisotopic (exact) mass is 316 g/mol. The molecule has 1 saturated heterocycles. The largest absolute Gasteiger partial charge is 0.497 e. The molecule has 0 aliphatic carbocycles. The van der Waals surface area contributed by atoms with E-state index in [-0.39, 0.29) is 18.5 Å². The fourth-order valence-electron chi connectivity index (χ4n) is 2.50. The summed E-state index contributed by atoms with van der Waals surface area (Å²) in [5.41, 5.74) is 0.704. The van der Waals surface area contributed by atoms with Gasteiger partial charge >= 0.3 is 6.03 Å². The van der Waals surface area contributed by atoms with Gasteiger partial charge in [-0.3, -0.25) is 9.69 Å². The molecule has 0 unspecified atom stereocenters. The minimum absolute atomic E-state index is 0.230. The predicted octanol–water partition coefficient (Wildman–Crippen LogP) is 2.72. The summed E-state index contributed by atoms with van der Waals surface area (Å²) in [7, 11) is 1.60. The van der Waals surface area contributed by atoms with Crippen LogP contribution in [0.4, 0.5) is 4.79 Å². The molecular weight excluding hydrogens is 300 g/mol. The van der Waals surface area contributed by atoms with Gasteiger partial charge in [-0.2, -0.15) is 11.3 Å². The maximum atomic E-state index is 12.7. The molecular formula is C16H16N2O3S. The first-order chi connectivity index (χ1) is 10.5. The molecule has 1 fully saturated rings. The average Bonchev–Trinajstić information content (AvgIpc) is 3.13. The molecule has 3 amide bonds. The number of thiophene rings is 1. The van der Waals surface area contributed by atoms with Crippen LogP contribution >= 0.6 is 11.3 Å². The van der Waals surface area contributed by atoms with Crippen LogP contribution in [0.5, 0.6) is 5.75 Å². The maximum absolute atomic E-state index is 12.7. The molecule has 0 spiro atoms. The van der Waals surface area contributed by atoms with Crippen molar-refractivity contribution in [3.8, 4) is 5.75 Å². The molecule has 114 valence electrons. The molecule has 2 aromatic rings. The van der Waals surface area contributed by atoms with E-state index in [0.717, 1.165) is 16.9 Å². The molecule has 1 aliphatic heterocycles. The van der Waals surface area contributed by atoms with Gasteiger partial charge in [0.05, 0.1) is 13.7 Å². The smallest absolute Gasteiger partial charge is 0.325 e. The van der Waals surface area contributed by atoms with Crippen molar-refractivity contribution in [2.75, 3.05) is 7.11 Å². The topological polar surface area (TPSA) is 58.6 Å². The van der Waals surface area contributed by atoms with Gasteiger partial charge in [-0.1, -0.05) is 12.1 Å². The summed E-state index contributed by atoms with van der Waals surface area (Å²) < 4.78 is 5.10. The number of nitrogens with zero attached hydrogens (tertiary/aromatic N) is 1. The van der Waals surface area contributed by atoms with Crippen LogP contribution in [0.3, 0.4) is 0 Å². The van der Waals surface area contributed by atoms with E-state index in [4.69, 9.17) is 4.74 Å². The zero-order valence-corrected chi connectivity index (χ0v) is 13.1. The molecule has 0 saturated carbocycles.